The second kappa shape index (κ2) is 6.07. The summed E-state index contributed by atoms with van der Waals surface area (Å²) in [7, 11) is 7.93. The minimum atomic E-state index is 0.0519. The molecule has 24 heavy (non-hydrogen) atoms. The first-order valence-corrected chi connectivity index (χ1v) is 8.06. The molecule has 0 saturated carbocycles. The highest BCUT2D eigenvalue weighted by Crippen LogP contribution is 2.49. The summed E-state index contributed by atoms with van der Waals surface area (Å²) >= 11 is 0. The van der Waals surface area contributed by atoms with Crippen molar-refractivity contribution in [1.82, 2.24) is 0 Å². The number of carbonyl (C=O) groups is 1. The number of carbonyl (C=O) groups excluding carboxylic acids is 1. The van der Waals surface area contributed by atoms with Gasteiger partial charge in [0.05, 0.1) is 11.4 Å². The Hall–Kier alpha value is -2.69. The predicted molar refractivity (Wildman–Crippen MR) is 99.0 cm³/mol. The summed E-state index contributed by atoms with van der Waals surface area (Å²) in [5.41, 5.74) is 3.64. The molecule has 0 saturated heterocycles. The van der Waals surface area contributed by atoms with Crippen molar-refractivity contribution in [3.63, 3.8) is 0 Å². The zero-order chi connectivity index (χ0) is 17.4. The summed E-state index contributed by atoms with van der Waals surface area (Å²) in [6.45, 7) is 1.87. The number of hydrogen-bond acceptors (Lipinski definition) is 4. The maximum Gasteiger partial charge on any atom is 0.231 e. The smallest absolute Gasteiger partial charge is 0.231 e. The number of rotatable bonds is 3. The van der Waals surface area contributed by atoms with Crippen molar-refractivity contribution in [3.8, 4) is 11.5 Å². The van der Waals surface area contributed by atoms with Gasteiger partial charge in [-0.25, -0.2) is 0 Å². The van der Waals surface area contributed by atoms with Gasteiger partial charge >= 0.3 is 0 Å². The summed E-state index contributed by atoms with van der Waals surface area (Å²) in [4.78, 5) is 18.4. The molecule has 0 unspecified atom stereocenters. The quantitative estimate of drug-likeness (QED) is 0.854. The predicted octanol–water partition coefficient (Wildman–Crippen LogP) is 4.00. The Morgan fingerprint density at radius 3 is 1.75 bits per heavy atom. The summed E-state index contributed by atoms with van der Waals surface area (Å²) < 4.78 is 6.14. The Bertz CT molecular complexity index is 727. The van der Waals surface area contributed by atoms with Gasteiger partial charge in [0.15, 0.2) is 11.5 Å². The van der Waals surface area contributed by atoms with Crippen LogP contribution in [-0.4, -0.2) is 34.1 Å². The van der Waals surface area contributed by atoms with Crippen LogP contribution in [-0.2, 0) is 4.79 Å². The summed E-state index contributed by atoms with van der Waals surface area (Å²) in [6, 6.07) is 11.8. The lowest BCUT2D eigenvalue weighted by Gasteiger charge is -2.32. The van der Waals surface area contributed by atoms with Crippen molar-refractivity contribution in [2.45, 2.75) is 13.3 Å². The van der Waals surface area contributed by atoms with Crippen LogP contribution in [0.4, 0.5) is 22.7 Å². The Morgan fingerprint density at radius 1 is 0.917 bits per heavy atom. The van der Waals surface area contributed by atoms with E-state index in [1.54, 1.807) is 4.90 Å². The Labute approximate surface area is 143 Å². The first-order valence-electron chi connectivity index (χ1n) is 8.06. The van der Waals surface area contributed by atoms with Crippen LogP contribution in [0.15, 0.2) is 36.4 Å². The van der Waals surface area contributed by atoms with Crippen LogP contribution in [0.5, 0.6) is 11.5 Å². The lowest BCUT2D eigenvalue weighted by atomic mass is 10.1. The molecule has 0 bridgehead atoms. The van der Waals surface area contributed by atoms with Gasteiger partial charge in [-0.05, 0) is 24.3 Å². The number of amides is 1. The number of hydrogen-bond donors (Lipinski definition) is 0. The Morgan fingerprint density at radius 2 is 1.38 bits per heavy atom. The SMILES string of the molecule is CCC(=O)N1c2ccc(N(C)C)cc2Oc2cc(N(C)C)ccc21. The van der Waals surface area contributed by atoms with Crippen molar-refractivity contribution >= 4 is 28.7 Å². The second-order valence-corrected chi connectivity index (χ2v) is 6.28. The molecule has 0 atom stereocenters. The zero-order valence-electron chi connectivity index (χ0n) is 14.8. The van der Waals surface area contributed by atoms with E-state index in [0.717, 1.165) is 22.7 Å². The van der Waals surface area contributed by atoms with E-state index in [9.17, 15) is 4.79 Å². The molecule has 1 amide bonds. The maximum absolute atomic E-state index is 12.6. The molecular weight excluding hydrogens is 302 g/mol. The van der Waals surface area contributed by atoms with Gasteiger partial charge in [-0.2, -0.15) is 0 Å². The average Bonchev–Trinajstić information content (AvgIpc) is 2.57. The molecule has 0 radical (unpaired) electrons. The Balaban J connectivity index is 2.15. The fourth-order valence-electron chi connectivity index (χ4n) is 2.77. The van der Waals surface area contributed by atoms with E-state index in [4.69, 9.17) is 4.74 Å². The monoisotopic (exact) mass is 325 g/mol. The largest absolute Gasteiger partial charge is 0.453 e. The first-order chi connectivity index (χ1) is 11.4. The topological polar surface area (TPSA) is 36.0 Å². The number of anilines is 4. The van der Waals surface area contributed by atoms with Crippen LogP contribution >= 0.6 is 0 Å². The minimum absolute atomic E-state index is 0.0519. The third-order valence-corrected chi connectivity index (χ3v) is 4.17. The summed E-state index contributed by atoms with van der Waals surface area (Å²) in [6.07, 6.45) is 0.434. The molecule has 2 aromatic rings. The molecule has 3 rings (SSSR count). The molecule has 0 N–H and O–H groups in total. The maximum atomic E-state index is 12.6. The van der Waals surface area contributed by atoms with Crippen molar-refractivity contribution in [2.24, 2.45) is 0 Å². The van der Waals surface area contributed by atoms with Gasteiger partial charge < -0.3 is 14.5 Å². The van der Waals surface area contributed by atoms with Gasteiger partial charge in [0, 0.05) is 58.1 Å². The van der Waals surface area contributed by atoms with E-state index in [2.05, 4.69) is 0 Å². The highest BCUT2D eigenvalue weighted by molar-refractivity contribution is 6.04. The van der Waals surface area contributed by atoms with Crippen LogP contribution < -0.4 is 19.4 Å². The molecule has 2 aromatic carbocycles. The molecule has 0 fully saturated rings. The third-order valence-electron chi connectivity index (χ3n) is 4.17. The third kappa shape index (κ3) is 2.66. The Kier molecular flexibility index (Phi) is 4.09. The molecule has 1 aliphatic heterocycles. The van der Waals surface area contributed by atoms with Gasteiger partial charge in [-0.1, -0.05) is 6.92 Å². The lowest BCUT2D eigenvalue weighted by molar-refractivity contribution is -0.117. The second-order valence-electron chi connectivity index (χ2n) is 6.28. The van der Waals surface area contributed by atoms with Gasteiger partial charge in [-0.3, -0.25) is 9.69 Å². The van der Waals surface area contributed by atoms with Crippen molar-refractivity contribution in [1.29, 1.82) is 0 Å². The van der Waals surface area contributed by atoms with Gasteiger partial charge in [0.2, 0.25) is 5.91 Å². The lowest BCUT2D eigenvalue weighted by Crippen LogP contribution is -2.28. The number of nitrogens with zero attached hydrogens (tertiary/aromatic N) is 3. The van der Waals surface area contributed by atoms with Crippen LogP contribution in [0.25, 0.3) is 0 Å². The van der Waals surface area contributed by atoms with E-state index in [1.807, 2.05) is 81.3 Å². The normalized spacial score (nSPS) is 12.1. The van der Waals surface area contributed by atoms with Crippen LogP contribution in [0.1, 0.15) is 13.3 Å². The molecule has 0 aliphatic carbocycles. The molecule has 0 spiro atoms. The highest BCUT2D eigenvalue weighted by Gasteiger charge is 2.29. The molecule has 0 aromatic heterocycles. The molecule has 5 heteroatoms. The molecule has 126 valence electrons. The van der Waals surface area contributed by atoms with Gasteiger partial charge in [-0.15, -0.1) is 0 Å². The van der Waals surface area contributed by atoms with Gasteiger partial charge in [0.25, 0.3) is 0 Å². The van der Waals surface area contributed by atoms with Crippen molar-refractivity contribution in [3.05, 3.63) is 36.4 Å². The van der Waals surface area contributed by atoms with E-state index in [1.165, 1.54) is 0 Å². The number of fused-ring (bicyclic) bond motifs is 2. The summed E-state index contributed by atoms with van der Waals surface area (Å²) in [5, 5.41) is 0. The van der Waals surface area contributed by atoms with Gasteiger partial charge in [0.1, 0.15) is 0 Å². The fraction of sp³-hybridized carbons (Fsp3) is 0.316. The van der Waals surface area contributed by atoms with E-state index in [0.29, 0.717) is 17.9 Å². The zero-order valence-corrected chi connectivity index (χ0v) is 14.8. The molecule has 1 heterocycles. The standard InChI is InChI=1S/C19H23N3O2/c1-6-19(23)22-15-9-7-13(20(2)3)11-17(15)24-18-12-14(21(4)5)8-10-16(18)22/h7-12H,6H2,1-5H3. The first kappa shape index (κ1) is 16.2. The van der Waals surface area contributed by atoms with Crippen LogP contribution in [0, 0.1) is 0 Å². The average molecular weight is 325 g/mol. The van der Waals surface area contributed by atoms with Crippen molar-refractivity contribution in [2.75, 3.05) is 42.9 Å². The van der Waals surface area contributed by atoms with E-state index < -0.39 is 0 Å². The van der Waals surface area contributed by atoms with Crippen molar-refractivity contribution < 1.29 is 9.53 Å². The van der Waals surface area contributed by atoms with Crippen LogP contribution in [0.3, 0.4) is 0 Å². The number of benzene rings is 2. The highest BCUT2D eigenvalue weighted by atomic mass is 16.5. The fourth-order valence-corrected chi connectivity index (χ4v) is 2.77. The summed E-state index contributed by atoms with van der Waals surface area (Å²) in [5.74, 6) is 1.45. The van der Waals surface area contributed by atoms with E-state index >= 15 is 0 Å². The molecule has 5 nitrogen and oxygen atoms in total. The molecule has 1 aliphatic rings. The minimum Gasteiger partial charge on any atom is -0.453 e. The van der Waals surface area contributed by atoms with E-state index in [-0.39, 0.29) is 5.91 Å². The van der Waals surface area contributed by atoms with Crippen LogP contribution in [0.2, 0.25) is 0 Å². The molecular formula is C19H23N3O2. The number of ether oxygens (including phenoxy) is 1.